The Bertz CT molecular complexity index is 1010. The number of rotatable bonds is 6. The Morgan fingerprint density at radius 1 is 0.791 bits per heavy atom. The molecule has 0 aliphatic heterocycles. The molecule has 8 aliphatic rings. The summed E-state index contributed by atoms with van der Waals surface area (Å²) in [5.74, 6) is 8.88. The molecular weight excluding hydrogens is 532 g/mol. The Labute approximate surface area is 262 Å². The van der Waals surface area contributed by atoms with Crippen LogP contribution in [-0.4, -0.2) is 22.2 Å². The van der Waals surface area contributed by atoms with Crippen molar-refractivity contribution >= 4 is 11.9 Å². The van der Waals surface area contributed by atoms with Gasteiger partial charge in [0.05, 0.1) is 6.42 Å². The van der Waals surface area contributed by atoms with E-state index in [1.54, 1.807) is 0 Å². The summed E-state index contributed by atoms with van der Waals surface area (Å²) in [4.78, 5) is 22.1. The summed E-state index contributed by atoms with van der Waals surface area (Å²) in [6, 6.07) is 0. The van der Waals surface area contributed by atoms with Gasteiger partial charge in [-0.15, -0.1) is 0 Å². The first kappa shape index (κ1) is 31.9. The van der Waals surface area contributed by atoms with Gasteiger partial charge in [-0.1, -0.05) is 48.0 Å². The molecule has 11 atom stereocenters. The summed E-state index contributed by atoms with van der Waals surface area (Å²) < 4.78 is 0. The van der Waals surface area contributed by atoms with Crippen LogP contribution in [0.1, 0.15) is 144 Å². The van der Waals surface area contributed by atoms with Crippen molar-refractivity contribution in [3.8, 4) is 0 Å². The summed E-state index contributed by atoms with van der Waals surface area (Å²) in [6.07, 6.45) is 19.5. The molecule has 8 aliphatic carbocycles. The lowest BCUT2D eigenvalue weighted by atomic mass is 9.40. The quantitative estimate of drug-likeness (QED) is 0.320. The van der Waals surface area contributed by atoms with Gasteiger partial charge in [-0.25, -0.2) is 0 Å². The van der Waals surface area contributed by atoms with E-state index in [4.69, 9.17) is 5.11 Å². The molecule has 0 aromatic heterocycles. The minimum absolute atomic E-state index is 0.223. The Hall–Kier alpha value is -1.06. The van der Waals surface area contributed by atoms with E-state index in [-0.39, 0.29) is 5.41 Å². The first-order valence-electron chi connectivity index (χ1n) is 18.7. The maximum atomic E-state index is 11.2. The molecular formula is C39H64O4. The highest BCUT2D eigenvalue weighted by atomic mass is 16.4. The second kappa shape index (κ2) is 11.6. The third-order valence-electron chi connectivity index (χ3n) is 16.1. The van der Waals surface area contributed by atoms with Crippen LogP contribution in [0.3, 0.4) is 0 Å². The Kier molecular flexibility index (Phi) is 8.63. The highest BCUT2D eigenvalue weighted by Crippen LogP contribution is 2.71. The van der Waals surface area contributed by atoms with Crippen LogP contribution < -0.4 is 0 Å². The third kappa shape index (κ3) is 5.64. The number of hydrogen-bond acceptors (Lipinski definition) is 2. The lowest BCUT2D eigenvalue weighted by Crippen LogP contribution is -2.58. The number of fused-ring (bicyclic) bond motifs is 5. The largest absolute Gasteiger partial charge is 0.481 e. The third-order valence-corrected chi connectivity index (χ3v) is 16.1. The van der Waals surface area contributed by atoms with E-state index < -0.39 is 11.9 Å². The minimum atomic E-state index is -0.625. The van der Waals surface area contributed by atoms with Crippen molar-refractivity contribution in [2.24, 2.45) is 87.3 Å². The Morgan fingerprint density at radius 2 is 1.42 bits per heavy atom. The van der Waals surface area contributed by atoms with Gasteiger partial charge >= 0.3 is 11.9 Å². The van der Waals surface area contributed by atoms with Crippen molar-refractivity contribution in [3.05, 3.63) is 0 Å². The lowest BCUT2D eigenvalue weighted by Gasteiger charge is -2.65. The van der Waals surface area contributed by atoms with E-state index in [0.29, 0.717) is 35.5 Å². The van der Waals surface area contributed by atoms with Crippen LogP contribution in [0.15, 0.2) is 0 Å². The van der Waals surface area contributed by atoms with E-state index in [0.717, 1.165) is 65.6 Å². The number of carboxylic acids is 2. The molecule has 0 aromatic carbocycles. The van der Waals surface area contributed by atoms with Crippen molar-refractivity contribution in [2.45, 2.75) is 144 Å². The van der Waals surface area contributed by atoms with Gasteiger partial charge in [-0.05, 0) is 171 Å². The summed E-state index contributed by atoms with van der Waals surface area (Å²) >= 11 is 0. The molecule has 2 N–H and O–H groups in total. The molecule has 11 unspecified atom stereocenters. The molecule has 43 heavy (non-hydrogen) atoms. The van der Waals surface area contributed by atoms with Gasteiger partial charge in [-0.3, -0.25) is 9.59 Å². The number of aliphatic carboxylic acids is 2. The molecule has 0 heterocycles. The summed E-state index contributed by atoms with van der Waals surface area (Å²) in [7, 11) is 0. The highest BCUT2D eigenvalue weighted by molar-refractivity contribution is 5.68. The molecule has 0 spiro atoms. The van der Waals surface area contributed by atoms with Crippen molar-refractivity contribution < 1.29 is 19.8 Å². The van der Waals surface area contributed by atoms with E-state index >= 15 is 0 Å². The SMILES string of the molecule is CC1CCC2(C)C(C1)CC(C)C1C2CC(C)C2(C)C(C(C)CCC(=O)O)CCC12.O=C(O)CC12CC3CC(CC(C3)C1)C2. The lowest BCUT2D eigenvalue weighted by molar-refractivity contribution is -0.163. The second-order valence-corrected chi connectivity index (χ2v) is 18.7. The van der Waals surface area contributed by atoms with Crippen LogP contribution in [0.4, 0.5) is 0 Å². The molecule has 0 amide bonds. The van der Waals surface area contributed by atoms with Crippen molar-refractivity contribution in [2.75, 3.05) is 0 Å². The first-order chi connectivity index (χ1) is 20.2. The predicted molar refractivity (Wildman–Crippen MR) is 172 cm³/mol. The molecule has 4 bridgehead atoms. The monoisotopic (exact) mass is 596 g/mol. The first-order valence-corrected chi connectivity index (χ1v) is 18.7. The van der Waals surface area contributed by atoms with E-state index in [1.165, 1.54) is 83.5 Å². The summed E-state index contributed by atoms with van der Waals surface area (Å²) in [5.41, 5.74) is 1.21. The minimum Gasteiger partial charge on any atom is -0.481 e. The molecule has 8 rings (SSSR count). The molecule has 8 saturated carbocycles. The molecule has 0 saturated heterocycles. The van der Waals surface area contributed by atoms with Crippen molar-refractivity contribution in [1.82, 2.24) is 0 Å². The van der Waals surface area contributed by atoms with Crippen LogP contribution in [0.2, 0.25) is 0 Å². The van der Waals surface area contributed by atoms with Gasteiger partial charge in [0.25, 0.3) is 0 Å². The van der Waals surface area contributed by atoms with E-state index in [1.807, 2.05) is 0 Å². The second-order valence-electron chi connectivity index (χ2n) is 18.7. The van der Waals surface area contributed by atoms with Gasteiger partial charge in [0, 0.05) is 6.42 Å². The predicted octanol–water partition coefficient (Wildman–Crippen LogP) is 9.95. The van der Waals surface area contributed by atoms with Gasteiger partial charge in [0.2, 0.25) is 0 Å². The van der Waals surface area contributed by atoms with Crippen LogP contribution >= 0.6 is 0 Å². The molecule has 4 nitrogen and oxygen atoms in total. The smallest absolute Gasteiger partial charge is 0.303 e. The topological polar surface area (TPSA) is 74.6 Å². The van der Waals surface area contributed by atoms with Crippen LogP contribution in [0.5, 0.6) is 0 Å². The molecule has 4 heteroatoms. The van der Waals surface area contributed by atoms with Gasteiger partial charge in [-0.2, -0.15) is 0 Å². The van der Waals surface area contributed by atoms with Crippen LogP contribution in [0.25, 0.3) is 0 Å². The standard InChI is InChI=1S/C27H46O2.C12H18O2/c1-16-11-12-26(5)20(13-16)14-18(3)25-22-9-8-21(17(2)7-10-24(28)29)27(22,6)19(4)15-23(25)26;13-11(14)7-12-4-8-1-9(5-12)3-10(2-8)6-12/h16-23,25H,7-15H2,1-6H3,(H,28,29);8-10H,1-7H2,(H,13,14). The van der Waals surface area contributed by atoms with Gasteiger partial charge < -0.3 is 10.2 Å². The molecule has 244 valence electrons. The average Bonchev–Trinajstić information content (AvgIpc) is 3.26. The van der Waals surface area contributed by atoms with Crippen LogP contribution in [-0.2, 0) is 9.59 Å². The normalized spacial score (nSPS) is 51.8. The number of carboxylic acid groups (broad SMARTS) is 2. The zero-order valence-electron chi connectivity index (χ0n) is 28.5. The van der Waals surface area contributed by atoms with Crippen LogP contribution in [0, 0.1) is 87.3 Å². The summed E-state index contributed by atoms with van der Waals surface area (Å²) in [6.45, 7) is 15.3. The average molecular weight is 597 g/mol. The van der Waals surface area contributed by atoms with Gasteiger partial charge in [0.1, 0.15) is 0 Å². The van der Waals surface area contributed by atoms with E-state index in [9.17, 15) is 14.7 Å². The fourth-order valence-corrected chi connectivity index (χ4v) is 14.5. The fourth-order valence-electron chi connectivity index (χ4n) is 14.5. The van der Waals surface area contributed by atoms with Gasteiger partial charge in [0.15, 0.2) is 0 Å². The van der Waals surface area contributed by atoms with Crippen molar-refractivity contribution in [3.63, 3.8) is 0 Å². The molecule has 0 aromatic rings. The number of carbonyl (C=O) groups is 2. The highest BCUT2D eigenvalue weighted by Gasteiger charge is 2.64. The molecule has 0 radical (unpaired) electrons. The Balaban J connectivity index is 0.000000195. The summed E-state index contributed by atoms with van der Waals surface area (Å²) in [5, 5.41) is 18.2. The van der Waals surface area contributed by atoms with E-state index in [2.05, 4.69) is 41.5 Å². The Morgan fingerprint density at radius 3 is 2.00 bits per heavy atom. The molecule has 8 fully saturated rings. The zero-order chi connectivity index (χ0) is 30.9. The number of hydrogen-bond donors (Lipinski definition) is 2. The maximum Gasteiger partial charge on any atom is 0.303 e. The fraction of sp³-hybridized carbons (Fsp3) is 0.949. The maximum absolute atomic E-state index is 11.2. The van der Waals surface area contributed by atoms with Crippen molar-refractivity contribution in [1.29, 1.82) is 0 Å². The zero-order valence-corrected chi connectivity index (χ0v) is 28.5.